The summed E-state index contributed by atoms with van der Waals surface area (Å²) in [5.41, 5.74) is 7.05. The SMILES string of the molecule is Nc1cc(I)cc(C(=O)N2CCCOCC2)c1. The zero-order valence-electron chi connectivity index (χ0n) is 9.49. The average Bonchev–Trinajstić information content (AvgIpc) is 2.55. The molecule has 5 heteroatoms. The van der Waals surface area contributed by atoms with Gasteiger partial charge in [-0.25, -0.2) is 0 Å². The number of amides is 1. The largest absolute Gasteiger partial charge is 0.399 e. The predicted molar refractivity (Wildman–Crippen MR) is 74.9 cm³/mol. The summed E-state index contributed by atoms with van der Waals surface area (Å²) in [7, 11) is 0. The fourth-order valence-corrected chi connectivity index (χ4v) is 2.56. The molecule has 17 heavy (non-hydrogen) atoms. The van der Waals surface area contributed by atoms with Crippen molar-refractivity contribution in [3.8, 4) is 0 Å². The van der Waals surface area contributed by atoms with E-state index in [0.29, 0.717) is 24.4 Å². The van der Waals surface area contributed by atoms with Crippen molar-refractivity contribution in [2.75, 3.05) is 32.0 Å². The van der Waals surface area contributed by atoms with Gasteiger partial charge in [-0.2, -0.15) is 0 Å². The van der Waals surface area contributed by atoms with E-state index in [-0.39, 0.29) is 5.91 Å². The van der Waals surface area contributed by atoms with E-state index in [1.54, 1.807) is 6.07 Å². The molecule has 4 nitrogen and oxygen atoms in total. The standard InChI is InChI=1S/C12H15IN2O2/c13-10-6-9(7-11(14)8-10)12(16)15-2-1-4-17-5-3-15/h6-8H,1-5,14H2. The number of nitrogens with zero attached hydrogens (tertiary/aromatic N) is 1. The molecule has 1 amide bonds. The van der Waals surface area contributed by atoms with Crippen LogP contribution in [-0.4, -0.2) is 37.1 Å². The number of nitrogen functional groups attached to an aromatic ring is 1. The highest BCUT2D eigenvalue weighted by molar-refractivity contribution is 14.1. The molecule has 1 saturated heterocycles. The van der Waals surface area contributed by atoms with Crippen LogP contribution in [0.3, 0.4) is 0 Å². The number of carbonyl (C=O) groups excluding carboxylic acids is 1. The van der Waals surface area contributed by atoms with Crippen molar-refractivity contribution in [1.82, 2.24) is 4.90 Å². The van der Waals surface area contributed by atoms with E-state index in [0.717, 1.165) is 23.1 Å². The highest BCUT2D eigenvalue weighted by Crippen LogP contribution is 2.16. The summed E-state index contributed by atoms with van der Waals surface area (Å²) in [4.78, 5) is 14.1. The Hall–Kier alpha value is -0.820. The molecular formula is C12H15IN2O2. The molecule has 0 aliphatic carbocycles. The van der Waals surface area contributed by atoms with Crippen molar-refractivity contribution in [3.05, 3.63) is 27.3 Å². The van der Waals surface area contributed by atoms with E-state index in [2.05, 4.69) is 22.6 Å². The molecule has 1 aliphatic rings. The number of carbonyl (C=O) groups is 1. The van der Waals surface area contributed by atoms with Crippen LogP contribution >= 0.6 is 22.6 Å². The van der Waals surface area contributed by atoms with Crippen LogP contribution in [0.25, 0.3) is 0 Å². The fourth-order valence-electron chi connectivity index (χ4n) is 1.87. The van der Waals surface area contributed by atoms with Gasteiger partial charge in [0.1, 0.15) is 0 Å². The Morgan fingerprint density at radius 3 is 2.88 bits per heavy atom. The Bertz CT molecular complexity index is 395. The molecule has 1 heterocycles. The maximum atomic E-state index is 12.3. The second-order valence-corrected chi connectivity index (χ2v) is 5.28. The molecule has 1 aliphatic heterocycles. The maximum Gasteiger partial charge on any atom is 0.254 e. The number of benzene rings is 1. The lowest BCUT2D eigenvalue weighted by molar-refractivity contribution is 0.0741. The number of hydrogen-bond acceptors (Lipinski definition) is 3. The van der Waals surface area contributed by atoms with Crippen LogP contribution in [-0.2, 0) is 4.74 Å². The Balaban J connectivity index is 2.17. The van der Waals surface area contributed by atoms with Crippen molar-refractivity contribution < 1.29 is 9.53 Å². The smallest absolute Gasteiger partial charge is 0.254 e. The molecule has 1 fully saturated rings. The first-order chi connectivity index (χ1) is 8.16. The van der Waals surface area contributed by atoms with Gasteiger partial charge in [-0.15, -0.1) is 0 Å². The first-order valence-corrected chi connectivity index (χ1v) is 6.68. The summed E-state index contributed by atoms with van der Waals surface area (Å²) < 4.78 is 6.32. The van der Waals surface area contributed by atoms with Crippen LogP contribution in [0.4, 0.5) is 5.69 Å². The van der Waals surface area contributed by atoms with E-state index in [4.69, 9.17) is 10.5 Å². The van der Waals surface area contributed by atoms with E-state index in [9.17, 15) is 4.79 Å². The van der Waals surface area contributed by atoms with Gasteiger partial charge in [0.15, 0.2) is 0 Å². The van der Waals surface area contributed by atoms with Crippen LogP contribution in [0.2, 0.25) is 0 Å². The van der Waals surface area contributed by atoms with Crippen LogP contribution in [0, 0.1) is 3.57 Å². The number of rotatable bonds is 1. The molecule has 2 rings (SSSR count). The second-order valence-electron chi connectivity index (χ2n) is 4.03. The second kappa shape index (κ2) is 5.68. The zero-order chi connectivity index (χ0) is 12.3. The molecule has 1 aromatic rings. The monoisotopic (exact) mass is 346 g/mol. The maximum absolute atomic E-state index is 12.3. The lowest BCUT2D eigenvalue weighted by atomic mass is 10.1. The summed E-state index contributed by atoms with van der Waals surface area (Å²) in [5, 5.41) is 0. The molecule has 92 valence electrons. The first-order valence-electron chi connectivity index (χ1n) is 5.60. The fraction of sp³-hybridized carbons (Fsp3) is 0.417. The normalized spacial score (nSPS) is 16.6. The van der Waals surface area contributed by atoms with Gasteiger partial charge in [0.2, 0.25) is 0 Å². The minimum atomic E-state index is 0.0423. The van der Waals surface area contributed by atoms with Crippen LogP contribution < -0.4 is 5.73 Å². The third kappa shape index (κ3) is 3.32. The molecule has 0 saturated carbocycles. The van der Waals surface area contributed by atoms with Crippen LogP contribution in [0.1, 0.15) is 16.8 Å². The number of hydrogen-bond donors (Lipinski definition) is 1. The summed E-state index contributed by atoms with van der Waals surface area (Å²) in [5.74, 6) is 0.0423. The van der Waals surface area contributed by atoms with Crippen LogP contribution in [0.5, 0.6) is 0 Å². The lowest BCUT2D eigenvalue weighted by Gasteiger charge is -2.19. The molecule has 0 unspecified atom stereocenters. The number of halogens is 1. The number of anilines is 1. The molecular weight excluding hydrogens is 331 g/mol. The van der Waals surface area contributed by atoms with Gasteiger partial charge in [0, 0.05) is 34.5 Å². The van der Waals surface area contributed by atoms with Crippen molar-refractivity contribution in [2.45, 2.75) is 6.42 Å². The first kappa shape index (κ1) is 12.6. The van der Waals surface area contributed by atoms with Crippen LogP contribution in [0.15, 0.2) is 18.2 Å². The van der Waals surface area contributed by atoms with Gasteiger partial charge in [-0.3, -0.25) is 4.79 Å². The minimum Gasteiger partial charge on any atom is -0.399 e. The van der Waals surface area contributed by atoms with Gasteiger partial charge in [-0.05, 0) is 47.2 Å². The lowest BCUT2D eigenvalue weighted by Crippen LogP contribution is -2.33. The summed E-state index contributed by atoms with van der Waals surface area (Å²) in [6.07, 6.45) is 0.894. The molecule has 0 atom stereocenters. The Morgan fingerprint density at radius 2 is 2.12 bits per heavy atom. The van der Waals surface area contributed by atoms with Gasteiger partial charge < -0.3 is 15.4 Å². The topological polar surface area (TPSA) is 55.6 Å². The number of nitrogens with two attached hydrogens (primary N) is 1. The van der Waals surface area contributed by atoms with Gasteiger partial charge in [-0.1, -0.05) is 0 Å². The van der Waals surface area contributed by atoms with E-state index < -0.39 is 0 Å². The third-order valence-corrected chi connectivity index (χ3v) is 3.30. The van der Waals surface area contributed by atoms with Crippen molar-refractivity contribution >= 4 is 34.2 Å². The van der Waals surface area contributed by atoms with E-state index >= 15 is 0 Å². The highest BCUT2D eigenvalue weighted by Gasteiger charge is 2.17. The Labute approximate surface area is 114 Å². The third-order valence-electron chi connectivity index (χ3n) is 2.68. The average molecular weight is 346 g/mol. The molecule has 1 aromatic carbocycles. The van der Waals surface area contributed by atoms with Crippen molar-refractivity contribution in [1.29, 1.82) is 0 Å². The van der Waals surface area contributed by atoms with Gasteiger partial charge >= 0.3 is 0 Å². The summed E-state index contributed by atoms with van der Waals surface area (Å²) in [6, 6.07) is 5.45. The Kier molecular flexibility index (Phi) is 4.22. The van der Waals surface area contributed by atoms with E-state index in [1.807, 2.05) is 17.0 Å². The summed E-state index contributed by atoms with van der Waals surface area (Å²) >= 11 is 2.17. The minimum absolute atomic E-state index is 0.0423. The number of ether oxygens (including phenoxy) is 1. The highest BCUT2D eigenvalue weighted by atomic mass is 127. The predicted octanol–water partition coefficient (Wildman–Crippen LogP) is 1.74. The van der Waals surface area contributed by atoms with E-state index in [1.165, 1.54) is 0 Å². The molecule has 2 N–H and O–H groups in total. The van der Waals surface area contributed by atoms with Gasteiger partial charge in [0.05, 0.1) is 6.61 Å². The quantitative estimate of drug-likeness (QED) is 0.623. The Morgan fingerprint density at radius 1 is 1.29 bits per heavy atom. The van der Waals surface area contributed by atoms with Crippen molar-refractivity contribution in [2.24, 2.45) is 0 Å². The zero-order valence-corrected chi connectivity index (χ0v) is 11.6. The summed E-state index contributed by atoms with van der Waals surface area (Å²) in [6.45, 7) is 2.76. The van der Waals surface area contributed by atoms with Crippen molar-refractivity contribution in [3.63, 3.8) is 0 Å². The molecule has 0 aromatic heterocycles. The van der Waals surface area contributed by atoms with Gasteiger partial charge in [0.25, 0.3) is 5.91 Å². The molecule has 0 spiro atoms. The molecule has 0 radical (unpaired) electrons. The molecule has 0 bridgehead atoms.